The highest BCUT2D eigenvalue weighted by Crippen LogP contribution is 2.29. The van der Waals surface area contributed by atoms with Crippen molar-refractivity contribution in [1.82, 2.24) is 9.80 Å². The maximum atomic E-state index is 10.4. The van der Waals surface area contributed by atoms with Crippen LogP contribution in [0, 0.1) is 0 Å². The lowest BCUT2D eigenvalue weighted by atomic mass is 9.96. The molecule has 174 valence electrons. The lowest BCUT2D eigenvalue weighted by Gasteiger charge is -2.40. The van der Waals surface area contributed by atoms with E-state index in [0.29, 0.717) is 26.4 Å². The molecule has 33 heavy (non-hydrogen) atoms. The molecule has 3 aromatic rings. The summed E-state index contributed by atoms with van der Waals surface area (Å²) in [5.41, 5.74) is 2.65. The standard InChI is InChI=1S/C28H34N2O3/c31-26(23-32-20-21-33-27-14-8-3-9-15-27)22-29-16-18-30(19-17-29)28(24-10-4-1-5-11-24)25-12-6-2-7-13-25/h1-15,26,28,31H,16-23H2/t26-/m0/s1. The molecule has 1 heterocycles. The molecule has 4 rings (SSSR count). The first-order valence-corrected chi connectivity index (χ1v) is 11.8. The molecule has 0 bridgehead atoms. The molecule has 0 radical (unpaired) electrons. The van der Waals surface area contributed by atoms with Gasteiger partial charge in [0.2, 0.25) is 0 Å². The average Bonchev–Trinajstić information content (AvgIpc) is 2.87. The fraction of sp³-hybridized carbons (Fsp3) is 0.357. The third-order valence-corrected chi connectivity index (χ3v) is 6.02. The van der Waals surface area contributed by atoms with Gasteiger partial charge in [0, 0.05) is 32.7 Å². The molecule has 0 unspecified atom stereocenters. The van der Waals surface area contributed by atoms with Crippen LogP contribution in [0.25, 0.3) is 0 Å². The van der Waals surface area contributed by atoms with Crippen molar-refractivity contribution in [3.63, 3.8) is 0 Å². The number of hydrogen-bond donors (Lipinski definition) is 1. The predicted molar refractivity (Wildman–Crippen MR) is 132 cm³/mol. The molecule has 1 aliphatic rings. The number of β-amino-alcohol motifs (C(OH)–C–C–N with tert-alkyl or cyclic N) is 1. The second-order valence-corrected chi connectivity index (χ2v) is 8.45. The maximum Gasteiger partial charge on any atom is 0.119 e. The minimum Gasteiger partial charge on any atom is -0.491 e. The van der Waals surface area contributed by atoms with Gasteiger partial charge in [-0.3, -0.25) is 9.80 Å². The van der Waals surface area contributed by atoms with Gasteiger partial charge >= 0.3 is 0 Å². The van der Waals surface area contributed by atoms with Gasteiger partial charge in [-0.25, -0.2) is 0 Å². The van der Waals surface area contributed by atoms with E-state index < -0.39 is 6.10 Å². The number of aliphatic hydroxyl groups excluding tert-OH is 1. The molecule has 1 N–H and O–H groups in total. The van der Waals surface area contributed by atoms with Gasteiger partial charge < -0.3 is 14.6 Å². The van der Waals surface area contributed by atoms with Gasteiger partial charge in [-0.2, -0.15) is 0 Å². The van der Waals surface area contributed by atoms with Crippen LogP contribution in [0.1, 0.15) is 17.2 Å². The predicted octanol–water partition coefficient (Wildman–Crippen LogP) is 3.85. The SMILES string of the molecule is O[C@H](COCCOc1ccccc1)CN1CCN(C(c2ccccc2)c2ccccc2)CC1. The molecule has 0 amide bonds. The summed E-state index contributed by atoms with van der Waals surface area (Å²) < 4.78 is 11.2. The number of benzene rings is 3. The Labute approximate surface area is 197 Å². The van der Waals surface area contributed by atoms with Crippen LogP contribution in [-0.4, -0.2) is 73.6 Å². The number of hydrogen-bond acceptors (Lipinski definition) is 5. The minimum absolute atomic E-state index is 0.257. The quantitative estimate of drug-likeness (QED) is 0.454. The Morgan fingerprint density at radius 3 is 1.82 bits per heavy atom. The smallest absolute Gasteiger partial charge is 0.119 e. The lowest BCUT2D eigenvalue weighted by Crippen LogP contribution is -2.50. The van der Waals surface area contributed by atoms with Gasteiger partial charge in [0.15, 0.2) is 0 Å². The summed E-state index contributed by atoms with van der Waals surface area (Å²) in [6, 6.07) is 31.4. The molecular weight excluding hydrogens is 412 g/mol. The van der Waals surface area contributed by atoms with Crippen molar-refractivity contribution in [1.29, 1.82) is 0 Å². The minimum atomic E-state index is -0.493. The molecule has 1 atom stereocenters. The first-order valence-electron chi connectivity index (χ1n) is 11.8. The fourth-order valence-corrected chi connectivity index (χ4v) is 4.39. The van der Waals surface area contributed by atoms with Gasteiger partial charge in [0.05, 0.1) is 25.4 Å². The number of para-hydroxylation sites is 1. The monoisotopic (exact) mass is 446 g/mol. The molecule has 0 saturated carbocycles. The van der Waals surface area contributed by atoms with Crippen LogP contribution in [0.3, 0.4) is 0 Å². The summed E-state index contributed by atoms with van der Waals surface area (Å²) >= 11 is 0. The van der Waals surface area contributed by atoms with E-state index in [0.717, 1.165) is 31.9 Å². The Kier molecular flexibility index (Phi) is 8.90. The van der Waals surface area contributed by atoms with E-state index in [2.05, 4.69) is 70.5 Å². The molecule has 5 nitrogen and oxygen atoms in total. The summed E-state index contributed by atoms with van der Waals surface area (Å²) in [6.45, 7) is 5.71. The van der Waals surface area contributed by atoms with Crippen molar-refractivity contribution in [2.45, 2.75) is 12.1 Å². The number of piperazine rings is 1. The molecule has 1 fully saturated rings. The number of rotatable bonds is 11. The molecule has 3 aromatic carbocycles. The highest BCUT2D eigenvalue weighted by atomic mass is 16.5. The second-order valence-electron chi connectivity index (χ2n) is 8.45. The summed E-state index contributed by atoms with van der Waals surface area (Å²) in [4.78, 5) is 4.88. The molecule has 0 aromatic heterocycles. The van der Waals surface area contributed by atoms with Crippen LogP contribution in [0.15, 0.2) is 91.0 Å². The Balaban J connectivity index is 1.21. The van der Waals surface area contributed by atoms with E-state index in [1.807, 2.05) is 30.3 Å². The molecule has 1 aliphatic heterocycles. The number of aliphatic hydroxyl groups is 1. The van der Waals surface area contributed by atoms with E-state index in [4.69, 9.17) is 9.47 Å². The molecular formula is C28H34N2O3. The Bertz CT molecular complexity index is 876. The number of ether oxygens (including phenoxy) is 2. The average molecular weight is 447 g/mol. The van der Waals surface area contributed by atoms with E-state index in [-0.39, 0.29) is 6.04 Å². The Morgan fingerprint density at radius 1 is 0.697 bits per heavy atom. The van der Waals surface area contributed by atoms with Crippen LogP contribution in [0.5, 0.6) is 5.75 Å². The zero-order valence-electron chi connectivity index (χ0n) is 19.1. The zero-order chi connectivity index (χ0) is 22.7. The Hall–Kier alpha value is -2.70. The summed E-state index contributed by atoms with van der Waals surface area (Å²) in [7, 11) is 0. The first-order chi connectivity index (χ1) is 16.3. The van der Waals surface area contributed by atoms with Crippen molar-refractivity contribution in [2.24, 2.45) is 0 Å². The highest BCUT2D eigenvalue weighted by Gasteiger charge is 2.27. The summed E-state index contributed by atoms with van der Waals surface area (Å²) in [5.74, 6) is 0.837. The van der Waals surface area contributed by atoms with E-state index in [9.17, 15) is 5.11 Å². The van der Waals surface area contributed by atoms with Crippen molar-refractivity contribution in [2.75, 3.05) is 52.5 Å². The van der Waals surface area contributed by atoms with Crippen molar-refractivity contribution >= 4 is 0 Å². The largest absolute Gasteiger partial charge is 0.491 e. The van der Waals surface area contributed by atoms with Gasteiger partial charge in [-0.1, -0.05) is 78.9 Å². The van der Waals surface area contributed by atoms with Crippen LogP contribution in [-0.2, 0) is 4.74 Å². The molecule has 1 saturated heterocycles. The van der Waals surface area contributed by atoms with Crippen LogP contribution >= 0.6 is 0 Å². The molecule has 5 heteroatoms. The van der Waals surface area contributed by atoms with Crippen molar-refractivity contribution < 1.29 is 14.6 Å². The Morgan fingerprint density at radius 2 is 1.24 bits per heavy atom. The van der Waals surface area contributed by atoms with Crippen LogP contribution < -0.4 is 4.74 Å². The number of nitrogens with zero attached hydrogens (tertiary/aromatic N) is 2. The van der Waals surface area contributed by atoms with Gasteiger partial charge in [0.25, 0.3) is 0 Å². The third-order valence-electron chi connectivity index (χ3n) is 6.02. The molecule has 0 aliphatic carbocycles. The van der Waals surface area contributed by atoms with Crippen molar-refractivity contribution in [3.8, 4) is 5.75 Å². The summed E-state index contributed by atoms with van der Waals surface area (Å²) in [5, 5.41) is 10.4. The summed E-state index contributed by atoms with van der Waals surface area (Å²) in [6.07, 6.45) is -0.493. The zero-order valence-corrected chi connectivity index (χ0v) is 19.1. The first kappa shape index (κ1) is 23.5. The van der Waals surface area contributed by atoms with Crippen molar-refractivity contribution in [3.05, 3.63) is 102 Å². The normalized spacial score (nSPS) is 16.1. The third kappa shape index (κ3) is 7.14. The van der Waals surface area contributed by atoms with Gasteiger partial charge in [-0.15, -0.1) is 0 Å². The van der Waals surface area contributed by atoms with Gasteiger partial charge in [0.1, 0.15) is 12.4 Å². The lowest BCUT2D eigenvalue weighted by molar-refractivity contribution is -0.00190. The van der Waals surface area contributed by atoms with Gasteiger partial charge in [-0.05, 0) is 23.3 Å². The van der Waals surface area contributed by atoms with E-state index >= 15 is 0 Å². The maximum absolute atomic E-state index is 10.4. The van der Waals surface area contributed by atoms with Crippen LogP contribution in [0.4, 0.5) is 0 Å². The van der Waals surface area contributed by atoms with E-state index in [1.54, 1.807) is 0 Å². The van der Waals surface area contributed by atoms with Crippen LogP contribution in [0.2, 0.25) is 0 Å². The second kappa shape index (κ2) is 12.5. The molecule has 0 spiro atoms. The van der Waals surface area contributed by atoms with E-state index in [1.165, 1.54) is 11.1 Å². The topological polar surface area (TPSA) is 45.2 Å². The fourth-order valence-electron chi connectivity index (χ4n) is 4.39. The highest BCUT2D eigenvalue weighted by molar-refractivity contribution is 5.32.